The Morgan fingerprint density at radius 1 is 0.310 bits per heavy atom. The third kappa shape index (κ3) is 9.11. The van der Waals surface area contributed by atoms with E-state index < -0.39 is 23.7 Å². The van der Waals surface area contributed by atoms with Gasteiger partial charge in [-0.05, 0) is 63.8 Å². The normalized spacial score (nSPS) is 17.8. The molecule has 8 nitrogen and oxygen atoms in total. The van der Waals surface area contributed by atoms with Crippen molar-refractivity contribution in [3.8, 4) is 46.0 Å². The summed E-state index contributed by atoms with van der Waals surface area (Å²) >= 11 is 0. The summed E-state index contributed by atoms with van der Waals surface area (Å²) in [5, 5.41) is 94.8. The third-order valence-electron chi connectivity index (χ3n) is 12.9. The fourth-order valence-corrected chi connectivity index (χ4v) is 9.41. The second kappa shape index (κ2) is 19.8. The fraction of sp³-hybridized carbons (Fsp3) is 0.520. The summed E-state index contributed by atoms with van der Waals surface area (Å²) in [5.74, 6) is -2.94. The highest BCUT2D eigenvalue weighted by Crippen LogP contribution is 2.54. The molecule has 4 aromatic rings. The van der Waals surface area contributed by atoms with Crippen LogP contribution in [0.15, 0.2) is 36.4 Å². The Balaban J connectivity index is 1.98. The predicted octanol–water partition coefficient (Wildman–Crippen LogP) is 13.1. The van der Waals surface area contributed by atoms with E-state index in [1.54, 1.807) is 13.8 Å². The molecule has 1 aliphatic rings. The molecule has 0 aliphatic heterocycles. The van der Waals surface area contributed by atoms with Crippen LogP contribution in [-0.4, -0.2) is 40.9 Å². The molecular weight excluding hydrogens is 729 g/mol. The van der Waals surface area contributed by atoms with Crippen LogP contribution in [0.1, 0.15) is 210 Å². The van der Waals surface area contributed by atoms with E-state index in [-0.39, 0.29) is 46.0 Å². The SMILES string of the molecule is CCCCCC1c2cc(c(O)cc2O)C(CCCCC)c2cc(c(O)c(C)c2O)C(CCCCC)c2cc(c(O)cc2O)C(CCCCC)c2cc1c(O)c(C)c2O. The standard InChI is InChI=1S/C50H68O8/c1-7-11-15-19-31-35-23-36(44(52)27-43(35)51)32(20-16-12-8-2)41-26-42(50(58)30(6)49(41)57)34(22-18-14-10-4)38-24-37(45(53)28-46(38)54)33(21-17-13-9-3)40-25-39(31)47(55)29(5)48(40)56/h23-28,31-34,51-58H,7-22H2,1-6H3. The molecule has 0 heterocycles. The van der Waals surface area contributed by atoms with E-state index in [2.05, 4.69) is 27.7 Å². The summed E-state index contributed by atoms with van der Waals surface area (Å²) in [7, 11) is 0. The van der Waals surface area contributed by atoms with Gasteiger partial charge in [-0.1, -0.05) is 105 Å². The van der Waals surface area contributed by atoms with Crippen LogP contribution >= 0.6 is 0 Å². The molecule has 0 saturated carbocycles. The number of aromatic hydroxyl groups is 8. The molecule has 4 aromatic carbocycles. The molecular formula is C50H68O8. The van der Waals surface area contributed by atoms with Crippen LogP contribution in [0.25, 0.3) is 0 Å². The summed E-state index contributed by atoms with van der Waals surface area (Å²) in [5.41, 5.74) is 4.80. The Labute approximate surface area is 345 Å². The lowest BCUT2D eigenvalue weighted by Gasteiger charge is -2.30. The molecule has 58 heavy (non-hydrogen) atoms. The maximum absolute atomic E-state index is 11.9. The van der Waals surface area contributed by atoms with Crippen molar-refractivity contribution in [1.29, 1.82) is 0 Å². The lowest BCUT2D eigenvalue weighted by Crippen LogP contribution is -2.12. The maximum atomic E-state index is 11.9. The Morgan fingerprint density at radius 2 is 0.517 bits per heavy atom. The Morgan fingerprint density at radius 3 is 0.724 bits per heavy atom. The van der Waals surface area contributed by atoms with E-state index in [1.165, 1.54) is 12.1 Å². The van der Waals surface area contributed by atoms with E-state index in [0.29, 0.717) is 81.3 Å². The minimum atomic E-state index is -0.540. The van der Waals surface area contributed by atoms with E-state index >= 15 is 0 Å². The minimum absolute atomic E-state index is 0.0762. The summed E-state index contributed by atoms with van der Waals surface area (Å²) < 4.78 is 0. The van der Waals surface area contributed by atoms with Gasteiger partial charge in [-0.25, -0.2) is 0 Å². The number of benzene rings is 4. The molecule has 4 unspecified atom stereocenters. The van der Waals surface area contributed by atoms with Gasteiger partial charge in [0.25, 0.3) is 0 Å². The predicted molar refractivity (Wildman–Crippen MR) is 233 cm³/mol. The Bertz CT molecular complexity index is 1760. The molecule has 316 valence electrons. The number of fused-ring (bicyclic) bond motifs is 8. The highest BCUT2D eigenvalue weighted by Gasteiger charge is 2.34. The van der Waals surface area contributed by atoms with E-state index in [0.717, 1.165) is 77.0 Å². The van der Waals surface area contributed by atoms with Crippen molar-refractivity contribution in [2.45, 2.75) is 168 Å². The Kier molecular flexibility index (Phi) is 15.2. The lowest BCUT2D eigenvalue weighted by atomic mass is 9.75. The highest BCUT2D eigenvalue weighted by atomic mass is 16.3. The fourth-order valence-electron chi connectivity index (χ4n) is 9.41. The molecule has 5 rings (SSSR count). The number of phenols is 8. The topological polar surface area (TPSA) is 162 Å². The number of phenolic OH excluding ortho intramolecular Hbond substituents is 8. The molecule has 0 amide bonds. The number of rotatable bonds is 16. The average Bonchev–Trinajstić information content (AvgIpc) is 3.19. The van der Waals surface area contributed by atoms with Gasteiger partial charge in [-0.2, -0.15) is 0 Å². The minimum Gasteiger partial charge on any atom is -0.508 e. The maximum Gasteiger partial charge on any atom is 0.126 e. The van der Waals surface area contributed by atoms with Crippen LogP contribution in [0.5, 0.6) is 46.0 Å². The molecule has 0 saturated heterocycles. The highest BCUT2D eigenvalue weighted by molar-refractivity contribution is 5.65. The first kappa shape index (κ1) is 44.4. The van der Waals surface area contributed by atoms with Gasteiger partial charge in [0.05, 0.1) is 0 Å². The van der Waals surface area contributed by atoms with Crippen LogP contribution in [-0.2, 0) is 0 Å². The van der Waals surface area contributed by atoms with Crippen LogP contribution in [0, 0.1) is 13.8 Å². The van der Waals surface area contributed by atoms with Gasteiger partial charge in [-0.3, -0.25) is 0 Å². The molecule has 8 N–H and O–H groups in total. The third-order valence-corrected chi connectivity index (χ3v) is 12.9. The summed E-state index contributed by atoms with van der Waals surface area (Å²) in [6.45, 7) is 11.8. The second-order valence-electron chi connectivity index (χ2n) is 16.9. The van der Waals surface area contributed by atoms with Crippen molar-refractivity contribution in [1.82, 2.24) is 0 Å². The van der Waals surface area contributed by atoms with Crippen LogP contribution in [0.2, 0.25) is 0 Å². The quantitative estimate of drug-likeness (QED) is 0.0520. The van der Waals surface area contributed by atoms with Gasteiger partial charge in [0.15, 0.2) is 0 Å². The zero-order valence-electron chi connectivity index (χ0n) is 35.7. The molecule has 8 bridgehead atoms. The van der Waals surface area contributed by atoms with Crippen molar-refractivity contribution in [2.24, 2.45) is 0 Å². The zero-order valence-corrected chi connectivity index (χ0v) is 35.7. The van der Waals surface area contributed by atoms with Crippen LogP contribution < -0.4 is 0 Å². The molecule has 1 aliphatic carbocycles. The van der Waals surface area contributed by atoms with Gasteiger partial charge in [0.1, 0.15) is 46.0 Å². The molecule has 0 spiro atoms. The first-order valence-corrected chi connectivity index (χ1v) is 22.0. The van der Waals surface area contributed by atoms with Crippen molar-refractivity contribution in [3.05, 3.63) is 92.0 Å². The van der Waals surface area contributed by atoms with Crippen molar-refractivity contribution in [3.63, 3.8) is 0 Å². The molecule has 0 fully saturated rings. The smallest absolute Gasteiger partial charge is 0.126 e. The van der Waals surface area contributed by atoms with Crippen LogP contribution in [0.3, 0.4) is 0 Å². The van der Waals surface area contributed by atoms with E-state index in [4.69, 9.17) is 0 Å². The largest absolute Gasteiger partial charge is 0.508 e. The monoisotopic (exact) mass is 796 g/mol. The van der Waals surface area contributed by atoms with Gasteiger partial charge >= 0.3 is 0 Å². The van der Waals surface area contributed by atoms with Crippen molar-refractivity contribution in [2.75, 3.05) is 0 Å². The number of hydrogen-bond acceptors (Lipinski definition) is 8. The molecule has 0 aromatic heterocycles. The first-order chi connectivity index (χ1) is 27.8. The van der Waals surface area contributed by atoms with Gasteiger partial charge < -0.3 is 40.9 Å². The molecule has 4 atom stereocenters. The number of unbranched alkanes of at least 4 members (excludes halogenated alkanes) is 8. The second-order valence-corrected chi connectivity index (χ2v) is 16.9. The lowest BCUT2D eigenvalue weighted by molar-refractivity contribution is 0.415. The van der Waals surface area contributed by atoms with Gasteiger partial charge in [-0.15, -0.1) is 0 Å². The van der Waals surface area contributed by atoms with Crippen molar-refractivity contribution < 1.29 is 40.9 Å². The average molecular weight is 797 g/mol. The Hall–Kier alpha value is -4.72. The van der Waals surface area contributed by atoms with Gasteiger partial charge in [0.2, 0.25) is 0 Å². The van der Waals surface area contributed by atoms with Gasteiger partial charge in [0, 0.05) is 91.4 Å². The molecule has 8 heteroatoms. The first-order valence-electron chi connectivity index (χ1n) is 22.0. The summed E-state index contributed by atoms with van der Waals surface area (Å²) in [6, 6.07) is 10.0. The summed E-state index contributed by atoms with van der Waals surface area (Å²) in [4.78, 5) is 0. The van der Waals surface area contributed by atoms with Crippen LogP contribution in [0.4, 0.5) is 0 Å². The van der Waals surface area contributed by atoms with Crippen molar-refractivity contribution >= 4 is 0 Å². The van der Waals surface area contributed by atoms with E-state index in [9.17, 15) is 40.9 Å². The zero-order chi connectivity index (χ0) is 42.3. The molecule has 0 radical (unpaired) electrons. The summed E-state index contributed by atoms with van der Waals surface area (Å²) in [6.07, 6.45) is 12.9. The van der Waals surface area contributed by atoms with E-state index in [1.807, 2.05) is 24.3 Å². The number of hydrogen-bond donors (Lipinski definition) is 8.